The van der Waals surface area contributed by atoms with Gasteiger partial charge < -0.3 is 19.3 Å². The van der Waals surface area contributed by atoms with Crippen LogP contribution in [0.4, 0.5) is 0 Å². The van der Waals surface area contributed by atoms with E-state index in [-0.39, 0.29) is 23.1 Å². The smallest absolute Gasteiger partial charge is 0.316 e. The Hall–Kier alpha value is 0.485. The zero-order valence-electron chi connectivity index (χ0n) is 8.04. The Bertz CT molecular complexity index is 218. The van der Waals surface area contributed by atoms with E-state index in [0.29, 0.717) is 0 Å². The molecule has 1 aliphatic heterocycles. The molecule has 0 saturated carbocycles. The van der Waals surface area contributed by atoms with Gasteiger partial charge in [0.2, 0.25) is 0 Å². The molecular formula is C6H14BO5PS. The summed E-state index contributed by atoms with van der Waals surface area (Å²) < 4.78 is 20.1. The van der Waals surface area contributed by atoms with E-state index in [1.807, 2.05) is 7.85 Å². The molecule has 1 saturated heterocycles. The van der Waals surface area contributed by atoms with Crippen LogP contribution in [0.2, 0.25) is 0 Å². The molecule has 0 radical (unpaired) electrons. The van der Waals surface area contributed by atoms with Crippen molar-refractivity contribution in [2.75, 3.05) is 13.7 Å². The van der Waals surface area contributed by atoms with Crippen molar-refractivity contribution in [1.82, 2.24) is 0 Å². The quantitative estimate of drug-likeness (QED) is 0.476. The van der Waals surface area contributed by atoms with Crippen LogP contribution >= 0.6 is 20.0 Å². The molecule has 0 aliphatic carbocycles. The van der Waals surface area contributed by atoms with Crippen LogP contribution in [0.1, 0.15) is 0 Å². The van der Waals surface area contributed by atoms with E-state index < -0.39 is 14.4 Å². The molecule has 0 aromatic carbocycles. The van der Waals surface area contributed by atoms with Gasteiger partial charge in [-0.25, -0.2) is 0 Å². The van der Waals surface area contributed by atoms with Gasteiger partial charge >= 0.3 is 8.25 Å². The minimum atomic E-state index is -2.90. The molecule has 1 heterocycles. The third kappa shape index (κ3) is 2.99. The molecule has 0 spiro atoms. The lowest BCUT2D eigenvalue weighted by atomic mass is 9.94. The predicted molar refractivity (Wildman–Crippen MR) is 57.7 cm³/mol. The number of aliphatic hydroxyl groups excluding tert-OH is 1. The number of aliphatic hydroxyl groups is 1. The first kappa shape index (κ1) is 12.6. The Morgan fingerprint density at radius 2 is 2.29 bits per heavy atom. The number of methoxy groups -OCH3 is 1. The predicted octanol–water partition coefficient (Wildman–Crippen LogP) is -1.16. The number of hydrogen-bond donors (Lipinski definition) is 2. The van der Waals surface area contributed by atoms with E-state index in [2.05, 4.69) is 4.52 Å². The zero-order chi connectivity index (χ0) is 10.7. The highest BCUT2D eigenvalue weighted by molar-refractivity contribution is 8.02. The standard InChI is InChI=1S/C6H14BO5PS/c1-11-5-4(8)3(14-6(5)7)2-12-13(9)10/h3-6,8,13H,2,7H2,1H3,(H,9,10). The second-order valence-electron chi connectivity index (χ2n) is 3.15. The summed E-state index contributed by atoms with van der Waals surface area (Å²) in [6.45, 7) is 0.0876. The van der Waals surface area contributed by atoms with Crippen molar-refractivity contribution in [3.05, 3.63) is 0 Å². The summed E-state index contributed by atoms with van der Waals surface area (Å²) in [5, 5.41) is 9.72. The molecule has 2 N–H and O–H groups in total. The monoisotopic (exact) mass is 240 g/mol. The molecule has 0 aromatic heterocycles. The van der Waals surface area contributed by atoms with Crippen molar-refractivity contribution in [2.45, 2.75) is 22.6 Å². The Kier molecular flexibility index (Phi) is 4.96. The highest BCUT2D eigenvalue weighted by Crippen LogP contribution is 2.35. The minimum absolute atomic E-state index is 0.0876. The summed E-state index contributed by atoms with van der Waals surface area (Å²) in [7, 11) is 0.592. The van der Waals surface area contributed by atoms with Gasteiger partial charge in [-0.3, -0.25) is 4.57 Å². The summed E-state index contributed by atoms with van der Waals surface area (Å²) in [6, 6.07) is 0. The average Bonchev–Trinajstić information content (AvgIpc) is 2.38. The van der Waals surface area contributed by atoms with Crippen LogP contribution < -0.4 is 0 Å². The maximum absolute atomic E-state index is 10.3. The van der Waals surface area contributed by atoms with Crippen molar-refractivity contribution in [1.29, 1.82) is 0 Å². The summed E-state index contributed by atoms with van der Waals surface area (Å²) in [5.74, 6) is 0. The maximum atomic E-state index is 10.3. The van der Waals surface area contributed by atoms with E-state index in [1.54, 1.807) is 7.11 Å². The topological polar surface area (TPSA) is 76.0 Å². The largest absolute Gasteiger partial charge is 0.389 e. The number of hydrogen-bond acceptors (Lipinski definition) is 5. The van der Waals surface area contributed by atoms with Crippen LogP contribution in [0.15, 0.2) is 0 Å². The molecule has 1 rings (SSSR count). The van der Waals surface area contributed by atoms with Crippen molar-refractivity contribution < 1.29 is 23.8 Å². The van der Waals surface area contributed by atoms with Crippen molar-refractivity contribution in [3.63, 3.8) is 0 Å². The van der Waals surface area contributed by atoms with Gasteiger partial charge in [0.1, 0.15) is 7.85 Å². The average molecular weight is 240 g/mol. The lowest BCUT2D eigenvalue weighted by Crippen LogP contribution is -2.35. The minimum Gasteiger partial charge on any atom is -0.389 e. The Balaban J connectivity index is 2.44. The van der Waals surface area contributed by atoms with E-state index >= 15 is 0 Å². The highest BCUT2D eigenvalue weighted by atomic mass is 32.2. The SMILES string of the molecule is BC1SC(CO[PH](=O)O)C(O)C1OC. The van der Waals surface area contributed by atoms with Gasteiger partial charge in [-0.15, -0.1) is 0 Å². The molecule has 0 aromatic rings. The Morgan fingerprint density at radius 3 is 2.71 bits per heavy atom. The van der Waals surface area contributed by atoms with Crippen molar-refractivity contribution in [2.24, 2.45) is 0 Å². The van der Waals surface area contributed by atoms with E-state index in [0.717, 1.165) is 0 Å². The molecular weight excluding hydrogens is 226 g/mol. The molecule has 0 amide bonds. The molecule has 1 fully saturated rings. The lowest BCUT2D eigenvalue weighted by Gasteiger charge is -2.17. The van der Waals surface area contributed by atoms with Gasteiger partial charge in [0.25, 0.3) is 0 Å². The number of rotatable bonds is 4. The van der Waals surface area contributed by atoms with Crippen LogP contribution in [-0.2, 0) is 13.8 Å². The fourth-order valence-electron chi connectivity index (χ4n) is 1.55. The van der Waals surface area contributed by atoms with Gasteiger partial charge in [0.15, 0.2) is 0 Å². The normalized spacial score (nSPS) is 39.9. The fourth-order valence-corrected chi connectivity index (χ4v) is 3.43. The van der Waals surface area contributed by atoms with Gasteiger partial charge in [-0.1, -0.05) is 0 Å². The number of ether oxygens (including phenoxy) is 1. The molecule has 5 atom stereocenters. The highest BCUT2D eigenvalue weighted by Gasteiger charge is 2.41. The van der Waals surface area contributed by atoms with E-state index in [9.17, 15) is 9.67 Å². The summed E-state index contributed by atoms with van der Waals surface area (Å²) in [5.41, 5.74) is 0. The van der Waals surface area contributed by atoms with Gasteiger partial charge in [-0.05, 0) is 0 Å². The molecule has 5 nitrogen and oxygen atoms in total. The number of thioether (sulfide) groups is 1. The van der Waals surface area contributed by atoms with Crippen molar-refractivity contribution in [3.8, 4) is 0 Å². The van der Waals surface area contributed by atoms with Gasteiger partial charge in [0, 0.05) is 12.3 Å². The van der Waals surface area contributed by atoms with Gasteiger partial charge in [-0.2, -0.15) is 11.8 Å². The summed E-state index contributed by atoms with van der Waals surface area (Å²) in [6.07, 6.45) is -0.865. The lowest BCUT2D eigenvalue weighted by molar-refractivity contribution is 0.000167. The molecule has 14 heavy (non-hydrogen) atoms. The molecule has 5 unspecified atom stereocenters. The second-order valence-corrected chi connectivity index (χ2v) is 5.59. The first-order valence-corrected chi connectivity index (χ1v) is 6.49. The Labute approximate surface area is 88.5 Å². The fraction of sp³-hybridized carbons (Fsp3) is 1.00. The van der Waals surface area contributed by atoms with E-state index in [1.165, 1.54) is 11.8 Å². The molecule has 8 heteroatoms. The van der Waals surface area contributed by atoms with Crippen LogP contribution in [0.3, 0.4) is 0 Å². The molecule has 82 valence electrons. The van der Waals surface area contributed by atoms with Crippen molar-refractivity contribution >= 4 is 27.9 Å². The van der Waals surface area contributed by atoms with Gasteiger partial charge in [0.05, 0.1) is 24.1 Å². The van der Waals surface area contributed by atoms with Crippen LogP contribution in [-0.4, -0.2) is 54.2 Å². The third-order valence-electron chi connectivity index (χ3n) is 2.21. The second kappa shape index (κ2) is 5.54. The van der Waals surface area contributed by atoms with E-state index in [4.69, 9.17) is 9.63 Å². The summed E-state index contributed by atoms with van der Waals surface area (Å²) >= 11 is 1.51. The third-order valence-corrected chi connectivity index (χ3v) is 4.09. The first-order valence-electron chi connectivity index (χ1n) is 4.28. The molecule has 1 aliphatic rings. The summed E-state index contributed by atoms with van der Waals surface area (Å²) in [4.78, 5) is 8.49. The first-order chi connectivity index (χ1) is 6.56. The van der Waals surface area contributed by atoms with Crippen LogP contribution in [0.5, 0.6) is 0 Å². The van der Waals surface area contributed by atoms with Crippen LogP contribution in [0.25, 0.3) is 0 Å². The Morgan fingerprint density at radius 1 is 1.64 bits per heavy atom. The van der Waals surface area contributed by atoms with Crippen LogP contribution in [0, 0.1) is 0 Å². The maximum Gasteiger partial charge on any atom is 0.316 e. The molecule has 0 bridgehead atoms. The zero-order valence-corrected chi connectivity index (χ0v) is 9.86.